The number of aromatic nitrogens is 3. The monoisotopic (exact) mass is 478 g/mol. The summed E-state index contributed by atoms with van der Waals surface area (Å²) in [5.74, 6) is 2.37. The lowest BCUT2D eigenvalue weighted by Crippen LogP contribution is -2.22. The van der Waals surface area contributed by atoms with Crippen LogP contribution in [-0.4, -0.2) is 28.3 Å². The smallest absolute Gasteiger partial charge is 0.193 e. The van der Waals surface area contributed by atoms with Crippen molar-refractivity contribution in [3.8, 4) is 17.1 Å². The number of hydrogen-bond donors (Lipinski definition) is 3. The molecular formula is C19H23IN6O. The summed E-state index contributed by atoms with van der Waals surface area (Å²) >= 11 is 0. The maximum atomic E-state index is 5.97. The highest BCUT2D eigenvalue weighted by atomic mass is 127. The van der Waals surface area contributed by atoms with E-state index in [1.165, 1.54) is 11.1 Å². The van der Waals surface area contributed by atoms with Gasteiger partial charge in [0.2, 0.25) is 0 Å². The zero-order valence-corrected chi connectivity index (χ0v) is 17.8. The van der Waals surface area contributed by atoms with Crippen molar-refractivity contribution in [1.82, 2.24) is 15.2 Å². The number of guanidine groups is 1. The van der Waals surface area contributed by atoms with E-state index in [9.17, 15) is 0 Å². The minimum Gasteiger partial charge on any atom is -0.497 e. The predicted octanol–water partition coefficient (Wildman–Crippen LogP) is 3.64. The third-order valence-corrected chi connectivity index (χ3v) is 3.77. The van der Waals surface area contributed by atoms with Crippen LogP contribution in [0.2, 0.25) is 0 Å². The van der Waals surface area contributed by atoms with E-state index < -0.39 is 0 Å². The molecule has 0 bridgehead atoms. The zero-order valence-electron chi connectivity index (χ0n) is 15.5. The number of H-pyrrole nitrogens is 1. The largest absolute Gasteiger partial charge is 0.497 e. The average Bonchev–Trinajstić information content (AvgIpc) is 3.08. The zero-order chi connectivity index (χ0) is 18.5. The number of halogens is 1. The molecule has 2 aromatic carbocycles. The van der Waals surface area contributed by atoms with E-state index in [2.05, 4.69) is 31.6 Å². The molecule has 0 spiro atoms. The van der Waals surface area contributed by atoms with E-state index in [1.54, 1.807) is 7.11 Å². The van der Waals surface area contributed by atoms with Crippen LogP contribution >= 0.6 is 24.0 Å². The van der Waals surface area contributed by atoms with Gasteiger partial charge in [0.1, 0.15) is 18.1 Å². The molecule has 7 nitrogen and oxygen atoms in total. The number of benzene rings is 2. The maximum Gasteiger partial charge on any atom is 0.193 e. The Kier molecular flexibility index (Phi) is 7.17. The Hall–Kier alpha value is -2.62. The summed E-state index contributed by atoms with van der Waals surface area (Å²) in [7, 11) is 1.63. The second-order valence-corrected chi connectivity index (χ2v) is 6.04. The number of aromatic amines is 1. The van der Waals surface area contributed by atoms with E-state index in [-0.39, 0.29) is 24.0 Å². The van der Waals surface area contributed by atoms with Gasteiger partial charge in [0.05, 0.1) is 7.11 Å². The average molecular weight is 478 g/mol. The van der Waals surface area contributed by atoms with Gasteiger partial charge in [-0.15, -0.1) is 24.0 Å². The van der Waals surface area contributed by atoms with Gasteiger partial charge in [-0.05, 0) is 61.4 Å². The molecule has 0 amide bonds. The molecule has 1 heterocycles. The molecule has 8 heteroatoms. The van der Waals surface area contributed by atoms with Gasteiger partial charge in [0, 0.05) is 11.3 Å². The lowest BCUT2D eigenvalue weighted by Gasteiger charge is -2.07. The van der Waals surface area contributed by atoms with Crippen LogP contribution in [0.5, 0.6) is 5.75 Å². The third-order valence-electron chi connectivity index (χ3n) is 3.77. The van der Waals surface area contributed by atoms with E-state index in [1.807, 2.05) is 50.2 Å². The summed E-state index contributed by atoms with van der Waals surface area (Å²) < 4.78 is 5.15. The first-order chi connectivity index (χ1) is 12.5. The highest BCUT2D eigenvalue weighted by Gasteiger charge is 2.06. The Morgan fingerprint density at radius 1 is 1.15 bits per heavy atom. The van der Waals surface area contributed by atoms with Crippen molar-refractivity contribution in [2.75, 3.05) is 12.4 Å². The molecule has 0 fully saturated rings. The van der Waals surface area contributed by atoms with E-state index in [0.29, 0.717) is 24.2 Å². The van der Waals surface area contributed by atoms with Crippen LogP contribution in [0.3, 0.4) is 0 Å². The van der Waals surface area contributed by atoms with Crippen molar-refractivity contribution < 1.29 is 4.74 Å². The minimum atomic E-state index is 0. The summed E-state index contributed by atoms with van der Waals surface area (Å²) in [6.45, 7) is 4.40. The van der Waals surface area contributed by atoms with Gasteiger partial charge in [0.25, 0.3) is 0 Å². The number of anilines is 1. The van der Waals surface area contributed by atoms with Crippen LogP contribution < -0.4 is 15.8 Å². The number of hydrogen-bond acceptors (Lipinski definition) is 4. The molecular weight excluding hydrogens is 455 g/mol. The SMILES string of the molecule is COc1ccc(-c2n[nH]c(CN=C(N)Nc3cc(C)cc(C)c3)n2)cc1.I. The lowest BCUT2D eigenvalue weighted by molar-refractivity contribution is 0.415. The van der Waals surface area contributed by atoms with Crippen LogP contribution in [-0.2, 0) is 6.54 Å². The molecule has 0 aliphatic carbocycles. The van der Waals surface area contributed by atoms with Crippen LogP contribution in [0.1, 0.15) is 17.0 Å². The highest BCUT2D eigenvalue weighted by molar-refractivity contribution is 14.0. The number of nitrogens with zero attached hydrogens (tertiary/aromatic N) is 3. The second kappa shape index (κ2) is 9.36. The molecule has 0 atom stereocenters. The van der Waals surface area contributed by atoms with Crippen molar-refractivity contribution in [1.29, 1.82) is 0 Å². The van der Waals surface area contributed by atoms with Crippen molar-refractivity contribution in [3.05, 3.63) is 59.4 Å². The Labute approximate surface area is 175 Å². The van der Waals surface area contributed by atoms with Crippen LogP contribution in [0.25, 0.3) is 11.4 Å². The van der Waals surface area contributed by atoms with Gasteiger partial charge in [-0.3, -0.25) is 5.10 Å². The topological polar surface area (TPSA) is 101 Å². The van der Waals surface area contributed by atoms with Crippen molar-refractivity contribution in [2.24, 2.45) is 10.7 Å². The molecule has 4 N–H and O–H groups in total. The number of nitrogens with one attached hydrogen (secondary N) is 2. The molecule has 3 rings (SSSR count). The number of methoxy groups -OCH3 is 1. The fourth-order valence-corrected chi connectivity index (χ4v) is 2.63. The summed E-state index contributed by atoms with van der Waals surface area (Å²) in [6, 6.07) is 13.7. The van der Waals surface area contributed by atoms with Crippen molar-refractivity contribution in [2.45, 2.75) is 20.4 Å². The van der Waals surface area contributed by atoms with Gasteiger partial charge in [-0.1, -0.05) is 6.07 Å². The highest BCUT2D eigenvalue weighted by Crippen LogP contribution is 2.19. The van der Waals surface area contributed by atoms with Gasteiger partial charge in [-0.25, -0.2) is 9.98 Å². The molecule has 0 radical (unpaired) electrons. The predicted molar refractivity (Wildman–Crippen MR) is 119 cm³/mol. The molecule has 3 aromatic rings. The standard InChI is InChI=1S/C19H22N6O.HI/c1-12-8-13(2)10-15(9-12)22-19(20)21-11-17-23-18(25-24-17)14-4-6-16(26-3)7-5-14;/h4-10H,11H2,1-3H3,(H3,20,21,22)(H,23,24,25);1H. The van der Waals surface area contributed by atoms with Gasteiger partial charge >= 0.3 is 0 Å². The summed E-state index contributed by atoms with van der Waals surface area (Å²) in [5, 5.41) is 10.2. The Morgan fingerprint density at radius 3 is 2.44 bits per heavy atom. The fraction of sp³-hybridized carbons (Fsp3) is 0.211. The maximum absolute atomic E-state index is 5.97. The van der Waals surface area contributed by atoms with Crippen LogP contribution in [0.15, 0.2) is 47.5 Å². The normalized spacial score (nSPS) is 11.0. The van der Waals surface area contributed by atoms with E-state index in [0.717, 1.165) is 17.0 Å². The first-order valence-electron chi connectivity index (χ1n) is 8.24. The first kappa shape index (κ1) is 20.7. The molecule has 142 valence electrons. The number of aliphatic imine (C=N–C) groups is 1. The minimum absolute atomic E-state index is 0. The number of rotatable bonds is 5. The second-order valence-electron chi connectivity index (χ2n) is 6.04. The lowest BCUT2D eigenvalue weighted by atomic mass is 10.1. The van der Waals surface area contributed by atoms with Crippen molar-refractivity contribution >= 4 is 35.6 Å². The first-order valence-corrected chi connectivity index (χ1v) is 8.24. The number of aryl methyl sites for hydroxylation is 2. The third kappa shape index (κ3) is 5.68. The Balaban J connectivity index is 0.00000261. The fourth-order valence-electron chi connectivity index (χ4n) is 2.63. The molecule has 0 aliphatic rings. The summed E-state index contributed by atoms with van der Waals surface area (Å²) in [5.41, 5.74) is 10.1. The number of ether oxygens (including phenoxy) is 1. The Morgan fingerprint density at radius 2 is 1.81 bits per heavy atom. The molecule has 0 saturated carbocycles. The summed E-state index contributed by atoms with van der Waals surface area (Å²) in [6.07, 6.45) is 0. The summed E-state index contributed by atoms with van der Waals surface area (Å²) in [4.78, 5) is 8.76. The van der Waals surface area contributed by atoms with Gasteiger partial charge in [0.15, 0.2) is 11.8 Å². The van der Waals surface area contributed by atoms with E-state index >= 15 is 0 Å². The molecule has 0 unspecified atom stereocenters. The Bertz CT molecular complexity index is 900. The van der Waals surface area contributed by atoms with Crippen LogP contribution in [0, 0.1) is 13.8 Å². The van der Waals surface area contributed by atoms with Gasteiger partial charge < -0.3 is 15.8 Å². The van der Waals surface area contributed by atoms with Crippen molar-refractivity contribution in [3.63, 3.8) is 0 Å². The molecule has 27 heavy (non-hydrogen) atoms. The number of nitrogens with two attached hydrogens (primary N) is 1. The quantitative estimate of drug-likeness (QED) is 0.295. The molecule has 1 aromatic heterocycles. The molecule has 0 aliphatic heterocycles. The van der Waals surface area contributed by atoms with Gasteiger partial charge in [-0.2, -0.15) is 5.10 Å². The molecule has 0 saturated heterocycles. The van der Waals surface area contributed by atoms with E-state index in [4.69, 9.17) is 10.5 Å². The van der Waals surface area contributed by atoms with Crippen LogP contribution in [0.4, 0.5) is 5.69 Å².